The molecule has 0 radical (unpaired) electrons. The van der Waals surface area contributed by atoms with Crippen LogP contribution in [0.15, 0.2) is 24.3 Å². The monoisotopic (exact) mass is 249 g/mol. The summed E-state index contributed by atoms with van der Waals surface area (Å²) in [6.45, 7) is 5.72. The molecule has 2 rings (SSSR count). The Kier molecular flexibility index (Phi) is 5.02. The van der Waals surface area contributed by atoms with E-state index in [2.05, 4.69) is 30.4 Å². The van der Waals surface area contributed by atoms with Crippen molar-refractivity contribution < 1.29 is 9.47 Å². The van der Waals surface area contributed by atoms with Crippen molar-refractivity contribution >= 4 is 0 Å². The summed E-state index contributed by atoms with van der Waals surface area (Å²) in [6.07, 6.45) is 1.23. The van der Waals surface area contributed by atoms with Crippen LogP contribution in [-0.2, 0) is 4.74 Å². The van der Waals surface area contributed by atoms with Gasteiger partial charge in [-0.3, -0.25) is 0 Å². The van der Waals surface area contributed by atoms with Gasteiger partial charge in [0, 0.05) is 19.6 Å². The predicted octanol–water partition coefficient (Wildman–Crippen LogP) is 2.42. The molecule has 0 bridgehead atoms. The third kappa shape index (κ3) is 3.47. The summed E-state index contributed by atoms with van der Waals surface area (Å²) in [7, 11) is 1.70. The first-order chi connectivity index (χ1) is 8.81. The Balaban J connectivity index is 2.06. The fourth-order valence-corrected chi connectivity index (χ4v) is 2.58. The lowest BCUT2D eigenvalue weighted by atomic mass is 9.86. The first-order valence-electron chi connectivity index (χ1n) is 6.72. The van der Waals surface area contributed by atoms with Gasteiger partial charge >= 0.3 is 0 Å². The molecule has 0 aliphatic carbocycles. The van der Waals surface area contributed by atoms with Gasteiger partial charge in [0.15, 0.2) is 0 Å². The third-order valence-electron chi connectivity index (χ3n) is 3.47. The number of para-hydroxylation sites is 1. The molecule has 1 saturated heterocycles. The second kappa shape index (κ2) is 6.76. The lowest BCUT2D eigenvalue weighted by molar-refractivity contribution is 0.145. The number of benzene rings is 1. The van der Waals surface area contributed by atoms with Gasteiger partial charge in [0.1, 0.15) is 12.4 Å². The fraction of sp³-hybridized carbons (Fsp3) is 0.600. The van der Waals surface area contributed by atoms with Gasteiger partial charge in [-0.1, -0.05) is 25.1 Å². The molecule has 3 heteroatoms. The second-order valence-corrected chi connectivity index (χ2v) is 5.08. The zero-order chi connectivity index (χ0) is 12.8. The van der Waals surface area contributed by atoms with E-state index in [1.54, 1.807) is 7.11 Å². The minimum Gasteiger partial charge on any atom is -0.491 e. The smallest absolute Gasteiger partial charge is 0.122 e. The van der Waals surface area contributed by atoms with E-state index in [0.717, 1.165) is 24.8 Å². The Labute approximate surface area is 109 Å². The lowest BCUT2D eigenvalue weighted by Gasteiger charge is -2.29. The number of hydrogen-bond acceptors (Lipinski definition) is 3. The number of rotatable bonds is 5. The molecule has 100 valence electrons. The van der Waals surface area contributed by atoms with E-state index >= 15 is 0 Å². The SMILES string of the molecule is COCCOc1ccccc1C1CNCC(C)C1. The van der Waals surface area contributed by atoms with Gasteiger partial charge in [-0.15, -0.1) is 0 Å². The van der Waals surface area contributed by atoms with Gasteiger partial charge in [0.05, 0.1) is 6.61 Å². The maximum absolute atomic E-state index is 5.81. The molecule has 2 atom stereocenters. The summed E-state index contributed by atoms with van der Waals surface area (Å²) in [5.41, 5.74) is 1.33. The van der Waals surface area contributed by atoms with Gasteiger partial charge in [0.2, 0.25) is 0 Å². The van der Waals surface area contributed by atoms with Crippen molar-refractivity contribution in [3.63, 3.8) is 0 Å². The second-order valence-electron chi connectivity index (χ2n) is 5.08. The number of ether oxygens (including phenoxy) is 2. The zero-order valence-corrected chi connectivity index (χ0v) is 11.3. The highest BCUT2D eigenvalue weighted by Crippen LogP contribution is 2.32. The van der Waals surface area contributed by atoms with E-state index in [0.29, 0.717) is 19.1 Å². The number of hydrogen-bond donors (Lipinski definition) is 1. The summed E-state index contributed by atoms with van der Waals surface area (Å²) in [5, 5.41) is 3.50. The maximum atomic E-state index is 5.81. The van der Waals surface area contributed by atoms with Crippen LogP contribution >= 0.6 is 0 Å². The van der Waals surface area contributed by atoms with Crippen molar-refractivity contribution in [2.75, 3.05) is 33.4 Å². The van der Waals surface area contributed by atoms with E-state index < -0.39 is 0 Å². The maximum Gasteiger partial charge on any atom is 0.122 e. The molecule has 1 aliphatic heterocycles. The first-order valence-corrected chi connectivity index (χ1v) is 6.72. The van der Waals surface area contributed by atoms with Crippen molar-refractivity contribution in [3.05, 3.63) is 29.8 Å². The molecule has 18 heavy (non-hydrogen) atoms. The van der Waals surface area contributed by atoms with Crippen molar-refractivity contribution in [1.82, 2.24) is 5.32 Å². The lowest BCUT2D eigenvalue weighted by Crippen LogP contribution is -2.34. The molecule has 3 nitrogen and oxygen atoms in total. The zero-order valence-electron chi connectivity index (χ0n) is 11.3. The highest BCUT2D eigenvalue weighted by molar-refractivity contribution is 5.36. The Morgan fingerprint density at radius 3 is 2.83 bits per heavy atom. The topological polar surface area (TPSA) is 30.5 Å². The predicted molar refractivity (Wildman–Crippen MR) is 73.2 cm³/mol. The minimum absolute atomic E-state index is 0.562. The molecular formula is C15H23NO2. The molecule has 0 amide bonds. The molecular weight excluding hydrogens is 226 g/mol. The van der Waals surface area contributed by atoms with E-state index in [4.69, 9.17) is 9.47 Å². The Bertz CT molecular complexity index is 367. The Morgan fingerprint density at radius 1 is 1.22 bits per heavy atom. The van der Waals surface area contributed by atoms with Gasteiger partial charge in [0.25, 0.3) is 0 Å². The fourth-order valence-electron chi connectivity index (χ4n) is 2.58. The molecule has 1 aliphatic rings. The van der Waals surface area contributed by atoms with E-state index in [1.165, 1.54) is 12.0 Å². The molecule has 1 fully saturated rings. The van der Waals surface area contributed by atoms with Crippen LogP contribution in [0.1, 0.15) is 24.8 Å². The minimum atomic E-state index is 0.562. The van der Waals surface area contributed by atoms with E-state index in [-0.39, 0.29) is 0 Å². The van der Waals surface area contributed by atoms with Crippen molar-refractivity contribution in [1.29, 1.82) is 0 Å². The Hall–Kier alpha value is -1.06. The number of piperidine rings is 1. The van der Waals surface area contributed by atoms with E-state index in [1.807, 2.05) is 6.07 Å². The van der Waals surface area contributed by atoms with Crippen LogP contribution in [0, 0.1) is 5.92 Å². The van der Waals surface area contributed by atoms with Crippen LogP contribution in [-0.4, -0.2) is 33.4 Å². The normalized spacial score (nSPS) is 23.9. The van der Waals surface area contributed by atoms with Crippen LogP contribution in [0.5, 0.6) is 5.75 Å². The molecule has 0 spiro atoms. The molecule has 0 saturated carbocycles. The largest absolute Gasteiger partial charge is 0.491 e. The van der Waals surface area contributed by atoms with Crippen LogP contribution < -0.4 is 10.1 Å². The van der Waals surface area contributed by atoms with E-state index in [9.17, 15) is 0 Å². The van der Waals surface area contributed by atoms with Crippen molar-refractivity contribution in [2.45, 2.75) is 19.3 Å². The molecule has 1 aromatic rings. The van der Waals surface area contributed by atoms with Crippen molar-refractivity contribution in [2.24, 2.45) is 5.92 Å². The summed E-state index contributed by atoms with van der Waals surface area (Å²) < 4.78 is 10.8. The summed E-state index contributed by atoms with van der Waals surface area (Å²) >= 11 is 0. The highest BCUT2D eigenvalue weighted by atomic mass is 16.5. The Morgan fingerprint density at radius 2 is 2.06 bits per heavy atom. The molecule has 1 aromatic carbocycles. The molecule has 1 heterocycles. The number of nitrogens with one attached hydrogen (secondary N) is 1. The van der Waals surface area contributed by atoms with Crippen LogP contribution in [0.25, 0.3) is 0 Å². The standard InChI is InChI=1S/C15H23NO2/c1-12-9-13(11-16-10-12)14-5-3-4-6-15(14)18-8-7-17-2/h3-6,12-13,16H,7-11H2,1-2H3. The van der Waals surface area contributed by atoms with Gasteiger partial charge in [-0.2, -0.15) is 0 Å². The summed E-state index contributed by atoms with van der Waals surface area (Å²) in [6, 6.07) is 8.37. The van der Waals surface area contributed by atoms with Gasteiger partial charge < -0.3 is 14.8 Å². The van der Waals surface area contributed by atoms with Gasteiger partial charge in [-0.25, -0.2) is 0 Å². The molecule has 1 N–H and O–H groups in total. The number of methoxy groups -OCH3 is 1. The summed E-state index contributed by atoms with van der Waals surface area (Å²) in [4.78, 5) is 0. The first kappa shape index (κ1) is 13.4. The molecule has 2 unspecified atom stereocenters. The highest BCUT2D eigenvalue weighted by Gasteiger charge is 2.22. The quantitative estimate of drug-likeness (QED) is 0.813. The van der Waals surface area contributed by atoms with Crippen molar-refractivity contribution in [3.8, 4) is 5.75 Å². The average Bonchev–Trinajstić information content (AvgIpc) is 2.40. The summed E-state index contributed by atoms with van der Waals surface area (Å²) in [5.74, 6) is 2.30. The van der Waals surface area contributed by atoms with Gasteiger partial charge in [-0.05, 0) is 30.5 Å². The van der Waals surface area contributed by atoms with Crippen LogP contribution in [0.2, 0.25) is 0 Å². The average molecular weight is 249 g/mol. The molecule has 0 aromatic heterocycles. The van der Waals surface area contributed by atoms with Crippen LogP contribution in [0.4, 0.5) is 0 Å². The van der Waals surface area contributed by atoms with Crippen LogP contribution in [0.3, 0.4) is 0 Å². The third-order valence-corrected chi connectivity index (χ3v) is 3.47.